The number of hydrogen-bond donors (Lipinski definition) is 1. The Labute approximate surface area is 212 Å². The summed E-state index contributed by atoms with van der Waals surface area (Å²) >= 11 is 0. The molecule has 9 rings (SSSR count). The second-order valence-corrected chi connectivity index (χ2v) is 13.7. The number of nitrogens with zero attached hydrogens (tertiary/aromatic N) is 2. The molecule has 4 saturated heterocycles. The van der Waals surface area contributed by atoms with Crippen LogP contribution in [0.3, 0.4) is 0 Å². The van der Waals surface area contributed by atoms with Crippen molar-refractivity contribution in [3.05, 3.63) is 30.0 Å². The molecule has 7 heteroatoms. The number of carbonyl (C=O) groups is 2. The van der Waals surface area contributed by atoms with Gasteiger partial charge in [-0.05, 0) is 87.0 Å². The number of ether oxygens (including phenoxy) is 2. The summed E-state index contributed by atoms with van der Waals surface area (Å²) in [6.07, 6.45) is 8.51. The summed E-state index contributed by atoms with van der Waals surface area (Å²) in [6.45, 7) is 10.4. The average molecular weight is 490 g/mol. The summed E-state index contributed by atoms with van der Waals surface area (Å²) < 4.78 is 12.3. The highest BCUT2D eigenvalue weighted by atomic mass is 16.5. The molecule has 6 fully saturated rings. The highest BCUT2D eigenvalue weighted by Gasteiger charge is 2.83. The van der Waals surface area contributed by atoms with E-state index >= 15 is 0 Å². The lowest BCUT2D eigenvalue weighted by Gasteiger charge is -2.65. The molecule has 0 radical (unpaired) electrons. The van der Waals surface area contributed by atoms with Crippen LogP contribution in [-0.4, -0.2) is 58.4 Å². The van der Waals surface area contributed by atoms with Gasteiger partial charge in [-0.3, -0.25) is 14.5 Å². The van der Waals surface area contributed by atoms with E-state index in [2.05, 4.69) is 35.0 Å². The van der Waals surface area contributed by atoms with Crippen LogP contribution in [0.4, 0.5) is 5.69 Å². The largest absolute Gasteiger partial charge is 0.480 e. The van der Waals surface area contributed by atoms with Crippen LogP contribution in [0.25, 0.3) is 0 Å². The minimum Gasteiger partial charge on any atom is -0.480 e. The summed E-state index contributed by atoms with van der Waals surface area (Å²) in [7, 11) is 2.02. The van der Waals surface area contributed by atoms with E-state index < -0.39 is 11.0 Å². The fraction of sp³-hybridized carbons (Fsp3) is 0.655. The van der Waals surface area contributed by atoms with Crippen LogP contribution in [0.15, 0.2) is 24.5 Å². The normalized spacial score (nSPS) is 41.4. The van der Waals surface area contributed by atoms with Crippen molar-refractivity contribution in [3.8, 4) is 11.5 Å². The lowest BCUT2D eigenvalue weighted by Crippen LogP contribution is -2.80. The van der Waals surface area contributed by atoms with E-state index in [9.17, 15) is 9.59 Å². The van der Waals surface area contributed by atoms with E-state index in [1.807, 2.05) is 33.0 Å². The third-order valence-electron chi connectivity index (χ3n) is 11.8. The molecule has 2 saturated carbocycles. The van der Waals surface area contributed by atoms with Gasteiger partial charge in [0, 0.05) is 13.6 Å². The fourth-order valence-corrected chi connectivity index (χ4v) is 9.84. The maximum Gasteiger partial charge on any atom is 0.243 e. The van der Waals surface area contributed by atoms with Gasteiger partial charge in [0.15, 0.2) is 11.5 Å². The smallest absolute Gasteiger partial charge is 0.243 e. The van der Waals surface area contributed by atoms with Crippen molar-refractivity contribution < 1.29 is 19.1 Å². The molecule has 6 heterocycles. The molecule has 8 aliphatic rings. The molecule has 36 heavy (non-hydrogen) atoms. The van der Waals surface area contributed by atoms with Crippen LogP contribution in [0, 0.1) is 16.7 Å². The van der Waals surface area contributed by atoms with Crippen molar-refractivity contribution >= 4 is 17.5 Å². The van der Waals surface area contributed by atoms with E-state index in [0.29, 0.717) is 23.8 Å². The molecular weight excluding hydrogens is 454 g/mol. The van der Waals surface area contributed by atoms with Crippen molar-refractivity contribution in [3.63, 3.8) is 0 Å². The number of anilines is 1. The Morgan fingerprint density at radius 3 is 2.61 bits per heavy atom. The van der Waals surface area contributed by atoms with Gasteiger partial charge in [-0.2, -0.15) is 0 Å². The van der Waals surface area contributed by atoms with Crippen LogP contribution in [-0.2, 0) is 15.0 Å². The fourth-order valence-electron chi connectivity index (χ4n) is 9.84. The number of rotatable bonds is 0. The highest BCUT2D eigenvalue weighted by Crippen LogP contribution is 2.77. The molecule has 4 spiro atoms. The molecule has 2 bridgehead atoms. The first-order valence-electron chi connectivity index (χ1n) is 13.5. The molecule has 0 unspecified atom stereocenters. The first kappa shape index (κ1) is 21.5. The summed E-state index contributed by atoms with van der Waals surface area (Å²) in [6, 6.07) is 4.03. The Bertz CT molecular complexity index is 1310. The third-order valence-corrected chi connectivity index (χ3v) is 11.8. The van der Waals surface area contributed by atoms with Gasteiger partial charge >= 0.3 is 0 Å². The summed E-state index contributed by atoms with van der Waals surface area (Å²) in [4.78, 5) is 33.0. The van der Waals surface area contributed by atoms with Crippen molar-refractivity contribution in [1.29, 1.82) is 0 Å². The van der Waals surface area contributed by atoms with Crippen LogP contribution >= 0.6 is 0 Å². The zero-order valence-corrected chi connectivity index (χ0v) is 21.9. The zero-order chi connectivity index (χ0) is 25.1. The molecule has 1 aromatic carbocycles. The van der Waals surface area contributed by atoms with Gasteiger partial charge in [0.05, 0.1) is 22.9 Å². The van der Waals surface area contributed by atoms with E-state index in [-0.39, 0.29) is 33.7 Å². The summed E-state index contributed by atoms with van der Waals surface area (Å²) in [5.74, 6) is 1.78. The summed E-state index contributed by atoms with van der Waals surface area (Å²) in [5.41, 5.74) is -0.467. The third kappa shape index (κ3) is 1.98. The SMILES string of the molecule is CN1C(=O)[C@]23C[C@H]4C(C)(C)[C@@]5(C[C@@]41CN2CCC31CC1)C(=O)Nc1c5ccc2c1OC=CC(C)(C)O2. The number of piperazine rings is 1. The molecule has 2 aliphatic carbocycles. The average Bonchev–Trinajstić information content (AvgIpc) is 3.45. The topological polar surface area (TPSA) is 71.1 Å². The summed E-state index contributed by atoms with van der Waals surface area (Å²) in [5, 5.41) is 3.24. The van der Waals surface area contributed by atoms with Gasteiger partial charge < -0.3 is 19.7 Å². The van der Waals surface area contributed by atoms with Crippen LogP contribution in [0.2, 0.25) is 0 Å². The molecule has 6 aliphatic heterocycles. The van der Waals surface area contributed by atoms with Crippen molar-refractivity contribution in [2.75, 3.05) is 25.5 Å². The number of hydrogen-bond acceptors (Lipinski definition) is 5. The standard InChI is InChI=1S/C29H35N3O4/c1-24(2)11-13-35-21-18(36-24)7-6-17-20(21)30-22(33)28(17)15-27-16-32-12-10-26(8-9-26)29(32,23(34)31(27)5)14-19(27)25(28,3)4/h6-7,11,13,19H,8-10,12,14-16H2,1-5H3,(H,30,33)/t19-,27+,28+,29-/m0/s1. The maximum absolute atomic E-state index is 14.2. The molecule has 1 aromatic rings. The monoisotopic (exact) mass is 489 g/mol. The molecule has 190 valence electrons. The number of piperidine rings is 2. The predicted molar refractivity (Wildman–Crippen MR) is 134 cm³/mol. The minimum absolute atomic E-state index is 0.0267. The molecule has 4 atom stereocenters. The van der Waals surface area contributed by atoms with Gasteiger partial charge in [-0.1, -0.05) is 19.9 Å². The molecule has 0 aromatic heterocycles. The van der Waals surface area contributed by atoms with E-state index in [4.69, 9.17) is 9.47 Å². The molecule has 7 nitrogen and oxygen atoms in total. The zero-order valence-electron chi connectivity index (χ0n) is 21.9. The predicted octanol–water partition coefficient (Wildman–Crippen LogP) is 3.83. The number of benzene rings is 1. The maximum atomic E-state index is 14.2. The first-order chi connectivity index (χ1) is 16.9. The van der Waals surface area contributed by atoms with Gasteiger partial charge in [0.25, 0.3) is 0 Å². The van der Waals surface area contributed by atoms with Crippen LogP contribution in [0.5, 0.6) is 11.5 Å². The lowest BCUT2D eigenvalue weighted by atomic mass is 9.55. The van der Waals surface area contributed by atoms with E-state index in [1.54, 1.807) is 6.26 Å². The molecular formula is C29H35N3O4. The first-order valence-corrected chi connectivity index (χ1v) is 13.5. The van der Waals surface area contributed by atoms with E-state index in [0.717, 1.165) is 50.0 Å². The van der Waals surface area contributed by atoms with Crippen LogP contribution < -0.4 is 14.8 Å². The quantitative estimate of drug-likeness (QED) is 0.600. The second kappa shape index (κ2) is 5.79. The van der Waals surface area contributed by atoms with Gasteiger partial charge in [0.1, 0.15) is 11.1 Å². The van der Waals surface area contributed by atoms with Gasteiger partial charge in [0.2, 0.25) is 11.8 Å². The van der Waals surface area contributed by atoms with Crippen molar-refractivity contribution in [1.82, 2.24) is 9.80 Å². The van der Waals surface area contributed by atoms with Gasteiger partial charge in [-0.15, -0.1) is 0 Å². The Kier molecular flexibility index (Phi) is 3.47. The Hall–Kier alpha value is -2.54. The number of fused-ring (bicyclic) bond motifs is 5. The molecule has 1 N–H and O–H groups in total. The van der Waals surface area contributed by atoms with Crippen molar-refractivity contribution in [2.45, 2.75) is 81.9 Å². The Morgan fingerprint density at radius 2 is 1.86 bits per heavy atom. The Morgan fingerprint density at radius 1 is 1.08 bits per heavy atom. The number of amides is 2. The van der Waals surface area contributed by atoms with Gasteiger partial charge in [-0.25, -0.2) is 0 Å². The molecule has 2 amide bonds. The van der Waals surface area contributed by atoms with E-state index in [1.165, 1.54) is 0 Å². The number of nitrogens with one attached hydrogen (secondary N) is 1. The van der Waals surface area contributed by atoms with Crippen LogP contribution in [0.1, 0.15) is 65.4 Å². The number of carbonyl (C=O) groups excluding carboxylic acids is 2. The second-order valence-electron chi connectivity index (χ2n) is 13.7. The Balaban J connectivity index is 1.31. The highest BCUT2D eigenvalue weighted by molar-refractivity contribution is 6.09. The number of likely N-dealkylation sites (N-methyl/N-ethyl adjacent to an activating group) is 1. The lowest BCUT2D eigenvalue weighted by molar-refractivity contribution is -0.191. The van der Waals surface area contributed by atoms with Crippen molar-refractivity contribution in [2.24, 2.45) is 16.7 Å². The minimum atomic E-state index is -0.743.